The van der Waals surface area contributed by atoms with E-state index in [4.69, 9.17) is 9.47 Å². The standard InChI is InChI=1S/C17H26O4/c1-13(2)8-10-21-11-9-15(17(18)19)12-14-4-6-16(20-3)7-5-14/h4-7,13,15H,8-12H2,1-3H3,(H,18,19). The predicted molar refractivity (Wildman–Crippen MR) is 82.7 cm³/mol. The Balaban J connectivity index is 2.40. The first-order valence-corrected chi connectivity index (χ1v) is 7.46. The van der Waals surface area contributed by atoms with Crippen LogP contribution in [0.2, 0.25) is 0 Å². The van der Waals surface area contributed by atoms with Gasteiger partial charge in [-0.25, -0.2) is 0 Å². The Bertz CT molecular complexity index is 411. The smallest absolute Gasteiger partial charge is 0.306 e. The van der Waals surface area contributed by atoms with Gasteiger partial charge >= 0.3 is 5.97 Å². The lowest BCUT2D eigenvalue weighted by molar-refractivity contribution is -0.142. The van der Waals surface area contributed by atoms with Crippen LogP contribution in [0.1, 0.15) is 32.3 Å². The van der Waals surface area contributed by atoms with Crippen molar-refractivity contribution in [3.63, 3.8) is 0 Å². The lowest BCUT2D eigenvalue weighted by Gasteiger charge is -2.13. The molecule has 1 aromatic rings. The fourth-order valence-electron chi connectivity index (χ4n) is 2.01. The normalized spacial score (nSPS) is 12.4. The monoisotopic (exact) mass is 294 g/mol. The summed E-state index contributed by atoms with van der Waals surface area (Å²) in [7, 11) is 1.61. The fourth-order valence-corrected chi connectivity index (χ4v) is 2.01. The second kappa shape index (κ2) is 9.40. The number of methoxy groups -OCH3 is 1. The molecule has 0 aliphatic heterocycles. The summed E-state index contributed by atoms with van der Waals surface area (Å²) >= 11 is 0. The predicted octanol–water partition coefficient (Wildman–Crippen LogP) is 3.39. The van der Waals surface area contributed by atoms with Crippen LogP contribution in [-0.4, -0.2) is 31.4 Å². The number of benzene rings is 1. The molecule has 118 valence electrons. The van der Waals surface area contributed by atoms with E-state index in [-0.39, 0.29) is 0 Å². The SMILES string of the molecule is COc1ccc(CC(CCOCCC(C)C)C(=O)O)cc1. The first-order valence-electron chi connectivity index (χ1n) is 7.46. The third kappa shape index (κ3) is 7.14. The summed E-state index contributed by atoms with van der Waals surface area (Å²) in [6.45, 7) is 5.49. The Labute approximate surface area is 127 Å². The molecule has 0 saturated heterocycles. The number of carbonyl (C=O) groups is 1. The van der Waals surface area contributed by atoms with Gasteiger partial charge in [-0.05, 0) is 42.9 Å². The van der Waals surface area contributed by atoms with Gasteiger partial charge in [0.25, 0.3) is 0 Å². The van der Waals surface area contributed by atoms with Crippen LogP contribution in [0, 0.1) is 11.8 Å². The molecule has 0 amide bonds. The Morgan fingerprint density at radius 1 is 1.14 bits per heavy atom. The molecule has 1 atom stereocenters. The van der Waals surface area contributed by atoms with Crippen LogP contribution in [0.4, 0.5) is 0 Å². The summed E-state index contributed by atoms with van der Waals surface area (Å²) in [6, 6.07) is 7.53. The van der Waals surface area contributed by atoms with Crippen molar-refractivity contribution in [1.29, 1.82) is 0 Å². The molecule has 0 heterocycles. The second-order valence-corrected chi connectivity index (χ2v) is 5.67. The van der Waals surface area contributed by atoms with Crippen LogP contribution in [0.5, 0.6) is 5.75 Å². The van der Waals surface area contributed by atoms with Crippen molar-refractivity contribution in [1.82, 2.24) is 0 Å². The van der Waals surface area contributed by atoms with Crippen molar-refractivity contribution in [2.75, 3.05) is 20.3 Å². The molecule has 1 unspecified atom stereocenters. The summed E-state index contributed by atoms with van der Waals surface area (Å²) in [6.07, 6.45) is 2.07. The van der Waals surface area contributed by atoms with Gasteiger partial charge in [-0.1, -0.05) is 26.0 Å². The lowest BCUT2D eigenvalue weighted by Crippen LogP contribution is -2.19. The maximum Gasteiger partial charge on any atom is 0.306 e. The Morgan fingerprint density at radius 2 is 1.76 bits per heavy atom. The third-order valence-electron chi connectivity index (χ3n) is 3.44. The van der Waals surface area contributed by atoms with Gasteiger partial charge < -0.3 is 14.6 Å². The maximum atomic E-state index is 11.3. The molecule has 0 fully saturated rings. The number of aliphatic carboxylic acids is 1. The fraction of sp³-hybridized carbons (Fsp3) is 0.588. The van der Waals surface area contributed by atoms with Crippen molar-refractivity contribution in [2.45, 2.75) is 33.1 Å². The zero-order valence-electron chi connectivity index (χ0n) is 13.2. The van der Waals surface area contributed by atoms with Crippen LogP contribution in [0.3, 0.4) is 0 Å². The lowest BCUT2D eigenvalue weighted by atomic mass is 9.96. The van der Waals surface area contributed by atoms with E-state index in [9.17, 15) is 9.90 Å². The summed E-state index contributed by atoms with van der Waals surface area (Å²) in [5.74, 6) is 0.220. The molecule has 4 nitrogen and oxygen atoms in total. The number of carboxylic acids is 1. The number of hydrogen-bond donors (Lipinski definition) is 1. The second-order valence-electron chi connectivity index (χ2n) is 5.67. The van der Waals surface area contributed by atoms with Crippen LogP contribution in [0.25, 0.3) is 0 Å². The molecular formula is C17H26O4. The molecule has 0 radical (unpaired) electrons. The minimum absolute atomic E-state index is 0.405. The highest BCUT2D eigenvalue weighted by atomic mass is 16.5. The van der Waals surface area contributed by atoms with E-state index < -0.39 is 11.9 Å². The van der Waals surface area contributed by atoms with Crippen LogP contribution >= 0.6 is 0 Å². The summed E-state index contributed by atoms with van der Waals surface area (Å²) in [5, 5.41) is 9.30. The molecule has 1 N–H and O–H groups in total. The van der Waals surface area contributed by atoms with Crippen molar-refractivity contribution >= 4 is 5.97 Å². The van der Waals surface area contributed by atoms with E-state index in [1.165, 1.54) is 0 Å². The zero-order valence-corrected chi connectivity index (χ0v) is 13.2. The van der Waals surface area contributed by atoms with Crippen LogP contribution < -0.4 is 4.74 Å². The van der Waals surface area contributed by atoms with Gasteiger partial charge in [0.2, 0.25) is 0 Å². The maximum absolute atomic E-state index is 11.3. The third-order valence-corrected chi connectivity index (χ3v) is 3.44. The largest absolute Gasteiger partial charge is 0.497 e. The van der Waals surface area contributed by atoms with Crippen LogP contribution in [-0.2, 0) is 16.0 Å². The molecule has 0 bridgehead atoms. The average molecular weight is 294 g/mol. The van der Waals surface area contributed by atoms with E-state index in [0.29, 0.717) is 32.0 Å². The van der Waals surface area contributed by atoms with E-state index in [1.807, 2.05) is 24.3 Å². The number of hydrogen-bond acceptors (Lipinski definition) is 3. The minimum Gasteiger partial charge on any atom is -0.497 e. The minimum atomic E-state index is -0.765. The molecule has 0 aromatic heterocycles. The zero-order chi connectivity index (χ0) is 15.7. The van der Waals surface area contributed by atoms with E-state index >= 15 is 0 Å². The molecule has 0 aliphatic carbocycles. The molecule has 1 rings (SSSR count). The Kier molecular flexibility index (Phi) is 7.83. The first kappa shape index (κ1) is 17.5. The topological polar surface area (TPSA) is 55.8 Å². The van der Waals surface area contributed by atoms with Gasteiger partial charge in [0, 0.05) is 13.2 Å². The molecule has 1 aromatic carbocycles. The molecule has 21 heavy (non-hydrogen) atoms. The Hall–Kier alpha value is -1.55. The van der Waals surface area contributed by atoms with Gasteiger partial charge in [-0.3, -0.25) is 4.79 Å². The van der Waals surface area contributed by atoms with Crippen molar-refractivity contribution < 1.29 is 19.4 Å². The quantitative estimate of drug-likeness (QED) is 0.672. The first-order chi connectivity index (χ1) is 10.0. The summed E-state index contributed by atoms with van der Waals surface area (Å²) in [5.41, 5.74) is 1.00. The van der Waals surface area contributed by atoms with Gasteiger partial charge in [-0.2, -0.15) is 0 Å². The van der Waals surface area contributed by atoms with Gasteiger partial charge in [0.15, 0.2) is 0 Å². The molecule has 0 aliphatic rings. The van der Waals surface area contributed by atoms with Crippen molar-refractivity contribution in [3.8, 4) is 5.75 Å². The molecule has 4 heteroatoms. The molecule has 0 spiro atoms. The summed E-state index contributed by atoms with van der Waals surface area (Å²) < 4.78 is 10.6. The number of ether oxygens (including phenoxy) is 2. The number of rotatable bonds is 10. The molecule has 0 saturated carbocycles. The summed E-state index contributed by atoms with van der Waals surface area (Å²) in [4.78, 5) is 11.3. The highest BCUT2D eigenvalue weighted by molar-refractivity contribution is 5.70. The van der Waals surface area contributed by atoms with Gasteiger partial charge in [0.05, 0.1) is 13.0 Å². The van der Waals surface area contributed by atoms with Crippen molar-refractivity contribution in [3.05, 3.63) is 29.8 Å². The molecular weight excluding hydrogens is 268 g/mol. The highest BCUT2D eigenvalue weighted by Crippen LogP contribution is 2.17. The van der Waals surface area contributed by atoms with Crippen molar-refractivity contribution in [2.24, 2.45) is 11.8 Å². The highest BCUT2D eigenvalue weighted by Gasteiger charge is 2.17. The Morgan fingerprint density at radius 3 is 2.29 bits per heavy atom. The van der Waals surface area contributed by atoms with E-state index in [2.05, 4.69) is 13.8 Å². The van der Waals surface area contributed by atoms with E-state index in [0.717, 1.165) is 17.7 Å². The van der Waals surface area contributed by atoms with Crippen LogP contribution in [0.15, 0.2) is 24.3 Å². The number of carboxylic acid groups (broad SMARTS) is 1. The van der Waals surface area contributed by atoms with Gasteiger partial charge in [0.1, 0.15) is 5.75 Å². The van der Waals surface area contributed by atoms with E-state index in [1.54, 1.807) is 7.11 Å². The van der Waals surface area contributed by atoms with Gasteiger partial charge in [-0.15, -0.1) is 0 Å². The average Bonchev–Trinajstić information content (AvgIpc) is 2.45.